The number of hydrogen-bond acceptors (Lipinski definition) is 5. The van der Waals surface area contributed by atoms with Crippen LogP contribution in [0.25, 0.3) is 0 Å². The van der Waals surface area contributed by atoms with Crippen LogP contribution in [0, 0.1) is 111 Å². The molecule has 0 amide bonds. The molecule has 3 unspecified atom stereocenters. The molecule has 1 aliphatic heterocycles. The van der Waals surface area contributed by atoms with Crippen molar-refractivity contribution in [1.82, 2.24) is 5.32 Å². The number of hydrogen-bond donors (Lipinski definition) is 3. The van der Waals surface area contributed by atoms with Crippen LogP contribution in [-0.2, 0) is 16.1 Å². The zero-order valence-corrected chi connectivity index (χ0v) is 30.0. The summed E-state index contributed by atoms with van der Waals surface area (Å²) in [6.45, 7) is 9.78. The van der Waals surface area contributed by atoms with Gasteiger partial charge in [0.15, 0.2) is 0 Å². The van der Waals surface area contributed by atoms with Crippen LogP contribution in [0.1, 0.15) is 51.5 Å². The van der Waals surface area contributed by atoms with Crippen LogP contribution in [0.2, 0.25) is 0 Å². The molecule has 2 aliphatic carbocycles. The molecule has 5 nitrogen and oxygen atoms in total. The molecule has 0 bridgehead atoms. The Bertz CT molecular complexity index is 892. The summed E-state index contributed by atoms with van der Waals surface area (Å²) in [6, 6.07) is 10.1. The maximum atomic E-state index is 12.5. The van der Waals surface area contributed by atoms with Gasteiger partial charge in [-0.25, -0.2) is 4.79 Å². The normalized spacial score (nSPS) is 33.6. The molecule has 1 aromatic rings. The smallest absolute Gasteiger partial charge is 0.335 e. The summed E-state index contributed by atoms with van der Waals surface area (Å²) < 4.78 is 5.25. The first-order valence-corrected chi connectivity index (χ1v) is 11.9. The second-order valence-corrected chi connectivity index (χ2v) is 10.4. The van der Waals surface area contributed by atoms with Crippen molar-refractivity contribution in [2.24, 2.45) is 22.7 Å². The van der Waals surface area contributed by atoms with Crippen LogP contribution in [0.15, 0.2) is 54.1 Å². The van der Waals surface area contributed by atoms with Crippen molar-refractivity contribution in [2.75, 3.05) is 13.2 Å². The molecule has 3 N–H and O–H groups in total. The number of allylic oxidation sites excluding steroid dienone is 1. The van der Waals surface area contributed by atoms with E-state index in [-0.39, 0.29) is 124 Å². The van der Waals surface area contributed by atoms with Crippen LogP contribution >= 0.6 is 0 Å². The maximum absolute atomic E-state index is 12.5. The molecule has 1 heterocycles. The van der Waals surface area contributed by atoms with Crippen LogP contribution in [-0.4, -0.2) is 41.5 Å². The van der Waals surface area contributed by atoms with E-state index in [1.54, 1.807) is 0 Å². The average molecular weight is 894 g/mol. The Balaban J connectivity index is 0.00000204. The van der Waals surface area contributed by atoms with Gasteiger partial charge < -0.3 is 20.3 Å². The molecule has 180 valence electrons. The zero-order valence-electron chi connectivity index (χ0n) is 20.5. The Labute approximate surface area is 275 Å². The van der Waals surface area contributed by atoms with Gasteiger partial charge in [0.25, 0.3) is 0 Å². The molecule has 0 spiro atoms. The van der Waals surface area contributed by atoms with E-state index in [1.165, 1.54) is 11.1 Å². The van der Waals surface area contributed by atoms with E-state index in [0.717, 1.165) is 25.7 Å². The van der Waals surface area contributed by atoms with Crippen molar-refractivity contribution in [3.8, 4) is 0 Å². The molecule has 3 aliphatic rings. The number of carbonyl (C=O) groups excluding carboxylic acids is 1. The van der Waals surface area contributed by atoms with E-state index in [2.05, 4.69) is 31.0 Å². The van der Waals surface area contributed by atoms with Crippen LogP contribution < -0.4 is 5.32 Å². The van der Waals surface area contributed by atoms with E-state index in [4.69, 9.17) is 4.74 Å². The minimum absolute atomic E-state index is 0. The molecule has 7 heteroatoms. The van der Waals surface area contributed by atoms with Crippen molar-refractivity contribution in [1.29, 1.82) is 0 Å². The van der Waals surface area contributed by atoms with E-state index in [9.17, 15) is 15.0 Å². The zero-order chi connectivity index (χ0) is 22.9. The maximum Gasteiger partial charge on any atom is 0.335 e. The molecular formula is C27H37Ac2NO4. The molecule has 34 heavy (non-hydrogen) atoms. The SMILES string of the molecule is C=C1CCC2[C@](C)(CO)C(O)CC[C@]2(C)[C@H]1CC(NCc1ccccc1)C1=CCOC1=O.[Ac].[Ac]. The fourth-order valence-electron chi connectivity index (χ4n) is 6.69. The van der Waals surface area contributed by atoms with E-state index in [1.807, 2.05) is 31.2 Å². The Hall–Kier alpha value is 0.933. The fourth-order valence-corrected chi connectivity index (χ4v) is 6.69. The summed E-state index contributed by atoms with van der Waals surface area (Å²) in [7, 11) is 0. The van der Waals surface area contributed by atoms with Crippen LogP contribution in [0.4, 0.5) is 0 Å². The summed E-state index contributed by atoms with van der Waals surface area (Å²) in [6.07, 6.45) is 5.58. The van der Waals surface area contributed by atoms with Crippen molar-refractivity contribution in [3.63, 3.8) is 0 Å². The summed E-state index contributed by atoms with van der Waals surface area (Å²) in [5.41, 5.74) is 2.51. The summed E-state index contributed by atoms with van der Waals surface area (Å²) in [5, 5.41) is 24.7. The molecule has 4 rings (SSSR count). The number of nitrogens with one attached hydrogen (secondary N) is 1. The molecule has 2 saturated carbocycles. The molecule has 0 saturated heterocycles. The Morgan fingerprint density at radius 1 is 1.21 bits per heavy atom. The molecule has 2 radical (unpaired) electrons. The topological polar surface area (TPSA) is 78.8 Å². The first kappa shape index (κ1) is 31.2. The van der Waals surface area contributed by atoms with Crippen molar-refractivity contribution < 1.29 is 108 Å². The van der Waals surface area contributed by atoms with Crippen molar-refractivity contribution in [3.05, 3.63) is 59.7 Å². The number of rotatable bonds is 7. The number of aliphatic hydroxyl groups is 2. The predicted molar refractivity (Wildman–Crippen MR) is 125 cm³/mol. The number of carbonyl (C=O) groups is 1. The Morgan fingerprint density at radius 2 is 1.91 bits per heavy atom. The summed E-state index contributed by atoms with van der Waals surface area (Å²) >= 11 is 0. The van der Waals surface area contributed by atoms with Gasteiger partial charge in [0.1, 0.15) is 6.61 Å². The Morgan fingerprint density at radius 3 is 2.53 bits per heavy atom. The van der Waals surface area contributed by atoms with Gasteiger partial charge in [-0.2, -0.15) is 0 Å². The quantitative estimate of drug-likeness (QED) is 0.288. The monoisotopic (exact) mass is 893 g/mol. The number of fused-ring (bicyclic) bond motifs is 1. The standard InChI is InChI=1S/C27H37NO4.2Ac/c1-18-9-10-23-26(2,13-11-24(30)27(23,3)17-29)21(18)15-22(20-12-14-32-25(20)31)28-16-19-7-5-4-6-8-19;;/h4-8,12,21-24,28-30H,1,9-11,13-17H2,2-3H3;;/t21-,22?,23?,24?,26+,27-;;/m0../s1. The van der Waals surface area contributed by atoms with Gasteiger partial charge in [0.2, 0.25) is 0 Å². The third kappa shape index (κ3) is 6.14. The third-order valence-corrected chi connectivity index (χ3v) is 8.69. The van der Waals surface area contributed by atoms with Gasteiger partial charge in [0, 0.05) is 106 Å². The Kier molecular flexibility index (Phi) is 12.0. The van der Waals surface area contributed by atoms with Gasteiger partial charge in [-0.1, -0.05) is 56.3 Å². The van der Waals surface area contributed by atoms with Gasteiger partial charge in [-0.15, -0.1) is 0 Å². The van der Waals surface area contributed by atoms with Gasteiger partial charge >= 0.3 is 5.97 Å². The first-order chi connectivity index (χ1) is 15.3. The number of ether oxygens (including phenoxy) is 1. The largest absolute Gasteiger partial charge is 0.458 e. The predicted octanol–water partition coefficient (Wildman–Crippen LogP) is 3.76. The summed E-state index contributed by atoms with van der Waals surface area (Å²) in [4.78, 5) is 12.5. The number of benzene rings is 1. The summed E-state index contributed by atoms with van der Waals surface area (Å²) in [5.74, 6) is 0.165. The average Bonchev–Trinajstić information content (AvgIpc) is 3.22. The van der Waals surface area contributed by atoms with Gasteiger partial charge in [-0.05, 0) is 61.0 Å². The van der Waals surface area contributed by atoms with Crippen LogP contribution in [0.5, 0.6) is 0 Å². The number of esters is 1. The van der Waals surface area contributed by atoms with Crippen LogP contribution in [0.3, 0.4) is 0 Å². The van der Waals surface area contributed by atoms with Gasteiger partial charge in [-0.3, -0.25) is 0 Å². The molecule has 0 aromatic heterocycles. The molecule has 1 aromatic carbocycles. The van der Waals surface area contributed by atoms with E-state index in [0.29, 0.717) is 25.1 Å². The number of aliphatic hydroxyl groups excluding tert-OH is 2. The minimum atomic E-state index is -0.509. The second-order valence-electron chi connectivity index (χ2n) is 10.4. The fraction of sp³-hybridized carbons (Fsp3) is 0.593. The molecule has 2 fully saturated rings. The van der Waals surface area contributed by atoms with E-state index >= 15 is 0 Å². The first-order valence-electron chi connectivity index (χ1n) is 11.9. The second kappa shape index (κ2) is 13.1. The third-order valence-electron chi connectivity index (χ3n) is 8.69. The number of cyclic esters (lactones) is 1. The van der Waals surface area contributed by atoms with Crippen molar-refractivity contribution >= 4 is 5.97 Å². The van der Waals surface area contributed by atoms with E-state index < -0.39 is 11.5 Å². The molecular weight excluding hydrogens is 856 g/mol. The van der Waals surface area contributed by atoms with Crippen molar-refractivity contribution in [2.45, 2.75) is 64.6 Å². The molecule has 6 atom stereocenters. The minimum Gasteiger partial charge on any atom is -0.458 e. The van der Waals surface area contributed by atoms with Gasteiger partial charge in [0.05, 0.1) is 18.3 Å².